The molecule has 2 aromatic rings. The molecule has 0 fully saturated rings. The molecule has 2 rings (SSSR count). The molecule has 1 N–H and O–H groups in total. The quantitative estimate of drug-likeness (QED) is 0.535. The Morgan fingerprint density at radius 2 is 1.76 bits per heavy atom. The number of amides is 1. The van der Waals surface area contributed by atoms with Gasteiger partial charge in [0, 0.05) is 12.0 Å². The normalized spacial score (nSPS) is 14.6. The van der Waals surface area contributed by atoms with E-state index in [9.17, 15) is 4.79 Å². The predicted octanol–water partition coefficient (Wildman–Crippen LogP) is 5.60. The molecule has 2 atom stereocenters. The van der Waals surface area contributed by atoms with Gasteiger partial charge in [-0.2, -0.15) is 0 Å². The number of hydrogen-bond donors (Lipinski definition) is 1. The Morgan fingerprint density at radius 1 is 1.07 bits per heavy atom. The van der Waals surface area contributed by atoms with Crippen LogP contribution in [-0.4, -0.2) is 43.8 Å². The van der Waals surface area contributed by atoms with Crippen LogP contribution in [-0.2, 0) is 10.2 Å². The van der Waals surface area contributed by atoms with Crippen LogP contribution < -0.4 is 5.32 Å². The summed E-state index contributed by atoms with van der Waals surface area (Å²) in [5.41, 5.74) is 1.17. The van der Waals surface area contributed by atoms with E-state index in [1.54, 1.807) is 0 Å². The third-order valence-electron chi connectivity index (χ3n) is 6.47. The highest BCUT2D eigenvalue weighted by Crippen LogP contribution is 2.41. The van der Waals surface area contributed by atoms with E-state index >= 15 is 0 Å². The second kappa shape index (κ2) is 11.2. The molecule has 4 heteroatoms. The van der Waals surface area contributed by atoms with E-state index in [2.05, 4.69) is 80.4 Å². The predicted molar refractivity (Wildman–Crippen MR) is 123 cm³/mol. The molecule has 4 nitrogen and oxygen atoms in total. The van der Waals surface area contributed by atoms with Crippen molar-refractivity contribution < 1.29 is 9.53 Å². The summed E-state index contributed by atoms with van der Waals surface area (Å²) in [6, 6.07) is 15.1. The topological polar surface area (TPSA) is 41.6 Å². The van der Waals surface area contributed by atoms with Gasteiger partial charge in [-0.25, -0.2) is 4.79 Å². The van der Waals surface area contributed by atoms with Crippen LogP contribution >= 0.6 is 0 Å². The largest absolute Gasteiger partial charge is 0.450 e. The lowest BCUT2D eigenvalue weighted by Gasteiger charge is -2.42. The molecule has 0 saturated carbocycles. The molecule has 2 aromatic carbocycles. The van der Waals surface area contributed by atoms with Crippen molar-refractivity contribution in [3.63, 3.8) is 0 Å². The third kappa shape index (κ3) is 5.51. The maximum Gasteiger partial charge on any atom is 0.407 e. The van der Waals surface area contributed by atoms with Gasteiger partial charge in [0.1, 0.15) is 0 Å². The van der Waals surface area contributed by atoms with Gasteiger partial charge in [0.15, 0.2) is 0 Å². The average Bonchev–Trinajstić information content (AvgIpc) is 2.76. The van der Waals surface area contributed by atoms with Gasteiger partial charge in [-0.15, -0.1) is 0 Å². The highest BCUT2D eigenvalue weighted by molar-refractivity contribution is 5.86. The molecule has 0 spiro atoms. The zero-order valence-corrected chi connectivity index (χ0v) is 18.8. The molecule has 0 aromatic heterocycles. The summed E-state index contributed by atoms with van der Waals surface area (Å²) in [7, 11) is 0. The lowest BCUT2D eigenvalue weighted by molar-refractivity contribution is 0.141. The van der Waals surface area contributed by atoms with E-state index < -0.39 is 0 Å². The molecule has 2 unspecified atom stereocenters. The van der Waals surface area contributed by atoms with Crippen molar-refractivity contribution in [2.45, 2.75) is 52.9 Å². The number of nitrogens with one attached hydrogen (secondary N) is 1. The maximum absolute atomic E-state index is 12.2. The lowest BCUT2D eigenvalue weighted by Crippen LogP contribution is -2.47. The Kier molecular flexibility index (Phi) is 8.97. The third-order valence-corrected chi connectivity index (χ3v) is 6.47. The van der Waals surface area contributed by atoms with Crippen LogP contribution in [0.15, 0.2) is 42.5 Å². The number of carbonyl (C=O) groups excluding carboxylic acids is 1. The number of fused-ring (bicyclic) bond motifs is 1. The van der Waals surface area contributed by atoms with Gasteiger partial charge in [0.25, 0.3) is 0 Å². The van der Waals surface area contributed by atoms with Crippen molar-refractivity contribution in [2.24, 2.45) is 5.92 Å². The zero-order valence-electron chi connectivity index (χ0n) is 18.8. The first-order chi connectivity index (χ1) is 14.0. The summed E-state index contributed by atoms with van der Waals surface area (Å²) in [6.45, 7) is 14.9. The SMILES string of the molecule is CCOC(=O)NCC(CCN(CC)CC)(c1cccc2ccccc12)C(C)CC. The fourth-order valence-corrected chi connectivity index (χ4v) is 4.36. The minimum absolute atomic E-state index is 0.162. The first kappa shape index (κ1) is 23.2. The minimum Gasteiger partial charge on any atom is -0.450 e. The van der Waals surface area contributed by atoms with Crippen molar-refractivity contribution in [1.82, 2.24) is 10.2 Å². The number of alkyl carbamates (subject to hydrolysis) is 1. The standard InChI is InChI=1S/C25H38N2O2/c1-6-20(5)25(17-18-27(7-2)8-3,19-26-24(28)29-9-4)23-16-12-14-21-13-10-11-15-22(21)23/h10-16,20H,6-9,17-19H2,1-5H3,(H,26,28). The Labute approximate surface area is 176 Å². The van der Waals surface area contributed by atoms with Gasteiger partial charge >= 0.3 is 6.09 Å². The van der Waals surface area contributed by atoms with Crippen molar-refractivity contribution in [3.05, 3.63) is 48.0 Å². The highest BCUT2D eigenvalue weighted by Gasteiger charge is 2.38. The maximum atomic E-state index is 12.2. The fraction of sp³-hybridized carbons (Fsp3) is 0.560. The average molecular weight is 399 g/mol. The van der Waals surface area contributed by atoms with Crippen LogP contribution in [0.25, 0.3) is 10.8 Å². The van der Waals surface area contributed by atoms with Gasteiger partial charge in [-0.05, 0) is 55.2 Å². The van der Waals surface area contributed by atoms with Gasteiger partial charge in [-0.1, -0.05) is 76.6 Å². The molecule has 0 radical (unpaired) electrons. The van der Waals surface area contributed by atoms with Crippen LogP contribution in [0.4, 0.5) is 4.79 Å². The zero-order chi connectivity index (χ0) is 21.3. The van der Waals surface area contributed by atoms with Crippen LogP contribution in [0.5, 0.6) is 0 Å². The highest BCUT2D eigenvalue weighted by atomic mass is 16.5. The van der Waals surface area contributed by atoms with Crippen molar-refractivity contribution >= 4 is 16.9 Å². The molecule has 0 bridgehead atoms. The molecular weight excluding hydrogens is 360 g/mol. The number of nitrogens with zero attached hydrogens (tertiary/aromatic N) is 1. The summed E-state index contributed by atoms with van der Waals surface area (Å²) >= 11 is 0. The summed E-state index contributed by atoms with van der Waals surface area (Å²) in [5.74, 6) is 0.408. The van der Waals surface area contributed by atoms with Gasteiger partial charge in [0.2, 0.25) is 0 Å². The summed E-state index contributed by atoms with van der Waals surface area (Å²) in [5, 5.41) is 5.61. The van der Waals surface area contributed by atoms with E-state index in [0.717, 1.165) is 32.5 Å². The van der Waals surface area contributed by atoms with Crippen LogP contribution in [0.3, 0.4) is 0 Å². The van der Waals surface area contributed by atoms with E-state index in [0.29, 0.717) is 19.1 Å². The van der Waals surface area contributed by atoms with Crippen molar-refractivity contribution in [2.75, 3.05) is 32.8 Å². The van der Waals surface area contributed by atoms with Gasteiger partial charge < -0.3 is 15.0 Å². The molecule has 0 aliphatic rings. The Morgan fingerprint density at radius 3 is 2.41 bits per heavy atom. The van der Waals surface area contributed by atoms with Crippen LogP contribution in [0.2, 0.25) is 0 Å². The van der Waals surface area contributed by atoms with Gasteiger partial charge in [0.05, 0.1) is 6.61 Å². The molecule has 0 aliphatic carbocycles. The van der Waals surface area contributed by atoms with Crippen LogP contribution in [0.1, 0.15) is 53.0 Å². The first-order valence-corrected chi connectivity index (χ1v) is 11.1. The molecule has 0 saturated heterocycles. The Hall–Kier alpha value is -2.07. The molecular formula is C25H38N2O2. The number of benzene rings is 2. The number of ether oxygens (including phenoxy) is 1. The molecule has 1 amide bonds. The van der Waals surface area contributed by atoms with Gasteiger partial charge in [-0.3, -0.25) is 0 Å². The van der Waals surface area contributed by atoms with E-state index in [-0.39, 0.29) is 11.5 Å². The smallest absolute Gasteiger partial charge is 0.407 e. The number of carbonyl (C=O) groups is 1. The molecule has 0 heterocycles. The number of rotatable bonds is 11. The van der Waals surface area contributed by atoms with Crippen molar-refractivity contribution in [1.29, 1.82) is 0 Å². The molecule has 160 valence electrons. The van der Waals surface area contributed by atoms with E-state index in [1.807, 2.05) is 6.92 Å². The van der Waals surface area contributed by atoms with Crippen molar-refractivity contribution in [3.8, 4) is 0 Å². The van der Waals surface area contributed by atoms with E-state index in [4.69, 9.17) is 4.74 Å². The Bertz CT molecular complexity index is 767. The second-order valence-corrected chi connectivity index (χ2v) is 7.84. The van der Waals surface area contributed by atoms with E-state index in [1.165, 1.54) is 16.3 Å². The monoisotopic (exact) mass is 398 g/mol. The summed E-state index contributed by atoms with van der Waals surface area (Å²) < 4.78 is 5.18. The Balaban J connectivity index is 2.54. The molecule has 29 heavy (non-hydrogen) atoms. The minimum atomic E-state index is -0.330. The summed E-state index contributed by atoms with van der Waals surface area (Å²) in [6.07, 6.45) is 1.71. The number of hydrogen-bond acceptors (Lipinski definition) is 3. The first-order valence-electron chi connectivity index (χ1n) is 11.1. The molecule has 0 aliphatic heterocycles. The second-order valence-electron chi connectivity index (χ2n) is 7.84. The fourth-order valence-electron chi connectivity index (χ4n) is 4.36. The summed E-state index contributed by atoms with van der Waals surface area (Å²) in [4.78, 5) is 14.7. The van der Waals surface area contributed by atoms with Crippen LogP contribution in [0, 0.1) is 5.92 Å². The lowest BCUT2D eigenvalue weighted by atomic mass is 9.66.